The summed E-state index contributed by atoms with van der Waals surface area (Å²) >= 11 is 7.45. The summed E-state index contributed by atoms with van der Waals surface area (Å²) in [5.74, 6) is 0.895. The van der Waals surface area contributed by atoms with Crippen molar-refractivity contribution in [1.82, 2.24) is 15.2 Å². The standard InChI is InChI=1S/C19H17ClN4OS/c1-10-11(2)16(9-21)19(22-12(10)3)26-13(4)17-23-24-18(25-17)14-6-5-7-15(20)8-14/h5-8,13H,1-4H3/t13-/m1/s1. The largest absolute Gasteiger partial charge is 0.419 e. The average molecular weight is 385 g/mol. The van der Waals surface area contributed by atoms with Gasteiger partial charge in [-0.25, -0.2) is 4.98 Å². The molecule has 132 valence electrons. The lowest BCUT2D eigenvalue weighted by Gasteiger charge is -2.13. The number of aryl methyl sites for hydroxylation is 1. The highest BCUT2D eigenvalue weighted by molar-refractivity contribution is 7.99. The molecule has 0 radical (unpaired) electrons. The van der Waals surface area contributed by atoms with Gasteiger partial charge in [0.1, 0.15) is 11.1 Å². The molecule has 0 aliphatic rings. The number of aromatic nitrogens is 3. The fourth-order valence-electron chi connectivity index (χ4n) is 2.48. The first-order valence-electron chi connectivity index (χ1n) is 8.04. The smallest absolute Gasteiger partial charge is 0.247 e. The molecule has 5 nitrogen and oxygen atoms in total. The van der Waals surface area contributed by atoms with E-state index in [9.17, 15) is 5.26 Å². The number of hydrogen-bond acceptors (Lipinski definition) is 6. The van der Waals surface area contributed by atoms with E-state index in [1.54, 1.807) is 12.1 Å². The maximum Gasteiger partial charge on any atom is 0.247 e. The van der Waals surface area contributed by atoms with Gasteiger partial charge in [-0.1, -0.05) is 29.4 Å². The lowest BCUT2D eigenvalue weighted by molar-refractivity contribution is 0.509. The quantitative estimate of drug-likeness (QED) is 0.558. The second-order valence-electron chi connectivity index (χ2n) is 5.96. The van der Waals surface area contributed by atoms with E-state index in [1.165, 1.54) is 11.8 Å². The molecule has 1 atom stereocenters. The molecule has 0 bridgehead atoms. The number of thioether (sulfide) groups is 1. The first-order valence-corrected chi connectivity index (χ1v) is 9.30. The fourth-order valence-corrected chi connectivity index (χ4v) is 3.71. The van der Waals surface area contributed by atoms with Crippen LogP contribution in [-0.4, -0.2) is 15.2 Å². The topological polar surface area (TPSA) is 75.6 Å². The van der Waals surface area contributed by atoms with Gasteiger partial charge in [-0.3, -0.25) is 0 Å². The number of halogens is 1. The van der Waals surface area contributed by atoms with Gasteiger partial charge >= 0.3 is 0 Å². The average Bonchev–Trinajstić information content (AvgIpc) is 3.10. The summed E-state index contributed by atoms with van der Waals surface area (Å²) in [6.07, 6.45) is 0. The van der Waals surface area contributed by atoms with Crippen molar-refractivity contribution in [3.8, 4) is 17.5 Å². The first kappa shape index (κ1) is 18.4. The molecule has 1 aromatic carbocycles. The van der Waals surface area contributed by atoms with Crippen molar-refractivity contribution in [1.29, 1.82) is 5.26 Å². The summed E-state index contributed by atoms with van der Waals surface area (Å²) in [7, 11) is 0. The van der Waals surface area contributed by atoms with Crippen LogP contribution in [0.15, 0.2) is 33.7 Å². The van der Waals surface area contributed by atoms with Gasteiger partial charge in [-0.2, -0.15) is 5.26 Å². The van der Waals surface area contributed by atoms with Gasteiger partial charge in [-0.05, 0) is 57.0 Å². The van der Waals surface area contributed by atoms with Gasteiger partial charge in [0.25, 0.3) is 0 Å². The lowest BCUT2D eigenvalue weighted by Crippen LogP contribution is -2.00. The van der Waals surface area contributed by atoms with Crippen molar-refractivity contribution < 1.29 is 4.42 Å². The van der Waals surface area contributed by atoms with Crippen molar-refractivity contribution in [2.45, 2.75) is 38.0 Å². The van der Waals surface area contributed by atoms with Crippen LogP contribution in [0.4, 0.5) is 0 Å². The number of rotatable bonds is 4. The SMILES string of the molecule is Cc1nc(S[C@H](C)c2nnc(-c3cccc(Cl)c3)o2)c(C#N)c(C)c1C. The molecule has 7 heteroatoms. The molecule has 2 aromatic heterocycles. The van der Waals surface area contributed by atoms with Crippen LogP contribution < -0.4 is 0 Å². The summed E-state index contributed by atoms with van der Waals surface area (Å²) in [6.45, 7) is 7.82. The molecule has 2 heterocycles. The number of hydrogen-bond donors (Lipinski definition) is 0. The zero-order valence-corrected chi connectivity index (χ0v) is 16.4. The van der Waals surface area contributed by atoms with Crippen LogP contribution in [0.1, 0.15) is 40.4 Å². The number of benzene rings is 1. The molecule has 0 aliphatic heterocycles. The third-order valence-corrected chi connectivity index (χ3v) is 5.53. The maximum atomic E-state index is 9.51. The van der Waals surface area contributed by atoms with Crippen molar-refractivity contribution in [3.05, 3.63) is 57.6 Å². The molecule has 0 N–H and O–H groups in total. The predicted molar refractivity (Wildman–Crippen MR) is 102 cm³/mol. The molecule has 0 saturated heterocycles. The minimum atomic E-state index is -0.142. The molecule has 3 rings (SSSR count). The Kier molecular flexibility index (Phi) is 5.30. The third-order valence-electron chi connectivity index (χ3n) is 4.22. The normalized spacial score (nSPS) is 12.0. The van der Waals surface area contributed by atoms with Gasteiger partial charge in [0, 0.05) is 16.3 Å². The zero-order chi connectivity index (χ0) is 18.8. The molecule has 0 spiro atoms. The van der Waals surface area contributed by atoms with Crippen LogP contribution in [-0.2, 0) is 0 Å². The molecular formula is C19H17ClN4OS. The Morgan fingerprint density at radius 2 is 1.96 bits per heavy atom. The van der Waals surface area contributed by atoms with E-state index in [0.717, 1.165) is 22.4 Å². The lowest BCUT2D eigenvalue weighted by atomic mass is 10.1. The monoisotopic (exact) mass is 384 g/mol. The van der Waals surface area contributed by atoms with Crippen LogP contribution in [0.2, 0.25) is 5.02 Å². The summed E-state index contributed by atoms with van der Waals surface area (Å²) in [6, 6.07) is 9.53. The van der Waals surface area contributed by atoms with Crippen LogP contribution in [0, 0.1) is 32.1 Å². The Morgan fingerprint density at radius 3 is 2.65 bits per heavy atom. The molecule has 3 aromatic rings. The zero-order valence-electron chi connectivity index (χ0n) is 14.9. The van der Waals surface area contributed by atoms with E-state index < -0.39 is 0 Å². The fraction of sp³-hybridized carbons (Fsp3) is 0.263. The van der Waals surface area contributed by atoms with E-state index in [-0.39, 0.29) is 5.25 Å². The second kappa shape index (κ2) is 7.48. The molecular weight excluding hydrogens is 368 g/mol. The second-order valence-corrected chi connectivity index (χ2v) is 7.72. The summed E-state index contributed by atoms with van der Waals surface area (Å²) in [5.41, 5.74) is 4.28. The Morgan fingerprint density at radius 1 is 1.19 bits per heavy atom. The molecule has 0 unspecified atom stereocenters. The molecule has 0 fully saturated rings. The van der Waals surface area contributed by atoms with Gasteiger partial charge in [0.2, 0.25) is 11.8 Å². The summed E-state index contributed by atoms with van der Waals surface area (Å²) in [4.78, 5) is 4.58. The minimum absolute atomic E-state index is 0.142. The molecule has 0 amide bonds. The van der Waals surface area contributed by atoms with Gasteiger partial charge < -0.3 is 4.42 Å². The first-order chi connectivity index (χ1) is 12.4. The highest BCUT2D eigenvalue weighted by atomic mass is 35.5. The molecule has 26 heavy (non-hydrogen) atoms. The Labute approximate surface area is 161 Å². The predicted octanol–water partition coefficient (Wildman–Crippen LogP) is 5.44. The van der Waals surface area contributed by atoms with E-state index in [2.05, 4.69) is 21.3 Å². The Bertz CT molecular complexity index is 1010. The van der Waals surface area contributed by atoms with Gasteiger partial charge in [-0.15, -0.1) is 10.2 Å². The maximum absolute atomic E-state index is 9.51. The van der Waals surface area contributed by atoms with Crippen molar-refractivity contribution >= 4 is 23.4 Å². The van der Waals surface area contributed by atoms with E-state index in [4.69, 9.17) is 16.0 Å². The van der Waals surface area contributed by atoms with Crippen molar-refractivity contribution in [2.24, 2.45) is 0 Å². The summed E-state index contributed by atoms with van der Waals surface area (Å²) < 4.78 is 5.80. The number of nitrogens with zero attached hydrogens (tertiary/aromatic N) is 4. The van der Waals surface area contributed by atoms with E-state index in [1.807, 2.05) is 39.8 Å². The van der Waals surface area contributed by atoms with Crippen LogP contribution in [0.5, 0.6) is 0 Å². The molecule has 0 aliphatic carbocycles. The Balaban J connectivity index is 1.88. The third kappa shape index (κ3) is 3.59. The van der Waals surface area contributed by atoms with Crippen LogP contribution >= 0.6 is 23.4 Å². The van der Waals surface area contributed by atoms with Gasteiger partial charge in [0.15, 0.2) is 0 Å². The van der Waals surface area contributed by atoms with Crippen molar-refractivity contribution in [3.63, 3.8) is 0 Å². The van der Waals surface area contributed by atoms with Gasteiger partial charge in [0.05, 0.1) is 10.8 Å². The van der Waals surface area contributed by atoms with Crippen LogP contribution in [0.25, 0.3) is 11.5 Å². The highest BCUT2D eigenvalue weighted by Gasteiger charge is 2.20. The summed E-state index contributed by atoms with van der Waals surface area (Å²) in [5, 5.41) is 18.9. The van der Waals surface area contributed by atoms with E-state index in [0.29, 0.717) is 27.4 Å². The Hall–Kier alpha value is -2.36. The number of nitriles is 1. The van der Waals surface area contributed by atoms with E-state index >= 15 is 0 Å². The minimum Gasteiger partial charge on any atom is -0.419 e. The number of pyridine rings is 1. The highest BCUT2D eigenvalue weighted by Crippen LogP contribution is 2.37. The molecule has 0 saturated carbocycles. The van der Waals surface area contributed by atoms with Crippen molar-refractivity contribution in [2.75, 3.05) is 0 Å². The van der Waals surface area contributed by atoms with Crippen LogP contribution in [0.3, 0.4) is 0 Å².